The lowest BCUT2D eigenvalue weighted by Gasteiger charge is -2.21. The number of carbonyl (C=O) groups excluding carboxylic acids is 1. The van der Waals surface area contributed by atoms with Gasteiger partial charge in [-0.15, -0.1) is 5.10 Å². The van der Waals surface area contributed by atoms with E-state index >= 15 is 0 Å². The SMILES string of the molecule is NC(=O)c1nc(N(c2ccccc2)c2cnns2)ncc1-c1cnccc1-c1ccccc1. The van der Waals surface area contributed by atoms with E-state index in [0.717, 1.165) is 22.4 Å². The molecule has 0 fully saturated rings. The molecule has 0 spiro atoms. The maximum absolute atomic E-state index is 12.5. The van der Waals surface area contributed by atoms with Gasteiger partial charge in [-0.25, -0.2) is 9.97 Å². The first-order chi connectivity index (χ1) is 16.2. The number of primary amides is 1. The molecular formula is C24H17N7OS. The lowest BCUT2D eigenvalue weighted by Crippen LogP contribution is -2.19. The topological polar surface area (TPSA) is 111 Å². The highest BCUT2D eigenvalue weighted by Gasteiger charge is 2.22. The number of para-hydroxylation sites is 1. The van der Waals surface area contributed by atoms with Crippen LogP contribution in [0.4, 0.5) is 16.6 Å². The quantitative estimate of drug-likeness (QED) is 0.401. The predicted molar refractivity (Wildman–Crippen MR) is 127 cm³/mol. The van der Waals surface area contributed by atoms with Crippen molar-refractivity contribution in [2.45, 2.75) is 0 Å². The van der Waals surface area contributed by atoms with E-state index in [0.29, 0.717) is 10.6 Å². The van der Waals surface area contributed by atoms with E-state index in [1.54, 1.807) is 29.7 Å². The Hall–Kier alpha value is -4.50. The fraction of sp³-hybridized carbons (Fsp3) is 0. The van der Waals surface area contributed by atoms with Gasteiger partial charge in [-0.3, -0.25) is 14.7 Å². The van der Waals surface area contributed by atoms with Gasteiger partial charge in [-0.1, -0.05) is 53.0 Å². The van der Waals surface area contributed by atoms with E-state index in [9.17, 15) is 4.79 Å². The van der Waals surface area contributed by atoms with Crippen LogP contribution in [0.2, 0.25) is 0 Å². The number of benzene rings is 2. The summed E-state index contributed by atoms with van der Waals surface area (Å²) >= 11 is 1.19. The number of nitrogens with zero attached hydrogens (tertiary/aromatic N) is 6. The molecular weight excluding hydrogens is 434 g/mol. The second kappa shape index (κ2) is 8.93. The molecule has 3 aromatic heterocycles. The fourth-order valence-electron chi connectivity index (χ4n) is 3.52. The maximum atomic E-state index is 12.5. The molecule has 33 heavy (non-hydrogen) atoms. The highest BCUT2D eigenvalue weighted by Crippen LogP contribution is 2.36. The normalized spacial score (nSPS) is 10.7. The number of nitrogens with two attached hydrogens (primary N) is 1. The largest absolute Gasteiger partial charge is 0.364 e. The average molecular weight is 452 g/mol. The lowest BCUT2D eigenvalue weighted by atomic mass is 9.96. The van der Waals surface area contributed by atoms with Crippen LogP contribution in [-0.4, -0.2) is 30.4 Å². The van der Waals surface area contributed by atoms with Crippen molar-refractivity contribution in [3.63, 3.8) is 0 Å². The van der Waals surface area contributed by atoms with E-state index < -0.39 is 5.91 Å². The molecule has 0 saturated carbocycles. The van der Waals surface area contributed by atoms with Gasteiger partial charge in [0.2, 0.25) is 5.95 Å². The molecule has 0 atom stereocenters. The molecule has 0 aliphatic rings. The first-order valence-electron chi connectivity index (χ1n) is 10.0. The Balaban J connectivity index is 1.67. The highest BCUT2D eigenvalue weighted by molar-refractivity contribution is 7.10. The van der Waals surface area contributed by atoms with E-state index in [2.05, 4.69) is 24.5 Å². The van der Waals surface area contributed by atoms with Crippen LogP contribution in [0.25, 0.3) is 22.3 Å². The minimum Gasteiger partial charge on any atom is -0.364 e. The molecule has 2 N–H and O–H groups in total. The zero-order valence-corrected chi connectivity index (χ0v) is 18.1. The molecule has 0 saturated heterocycles. The average Bonchev–Trinajstić information content (AvgIpc) is 3.40. The molecule has 0 radical (unpaired) electrons. The summed E-state index contributed by atoms with van der Waals surface area (Å²) in [6, 6.07) is 21.3. The van der Waals surface area contributed by atoms with Crippen molar-refractivity contribution in [1.29, 1.82) is 0 Å². The van der Waals surface area contributed by atoms with Gasteiger partial charge in [-0.2, -0.15) is 0 Å². The Kier molecular flexibility index (Phi) is 5.52. The maximum Gasteiger partial charge on any atom is 0.268 e. The third-order valence-corrected chi connectivity index (χ3v) is 5.64. The monoisotopic (exact) mass is 451 g/mol. The minimum atomic E-state index is -0.660. The molecule has 8 nitrogen and oxygen atoms in total. The van der Waals surface area contributed by atoms with Crippen molar-refractivity contribution in [1.82, 2.24) is 24.5 Å². The number of carbonyl (C=O) groups is 1. The molecule has 3 heterocycles. The van der Waals surface area contributed by atoms with E-state index in [1.165, 1.54) is 11.5 Å². The number of pyridine rings is 1. The fourth-order valence-corrected chi connectivity index (χ4v) is 4.06. The second-order valence-electron chi connectivity index (χ2n) is 7.01. The summed E-state index contributed by atoms with van der Waals surface area (Å²) in [6.45, 7) is 0. The summed E-state index contributed by atoms with van der Waals surface area (Å²) in [6.07, 6.45) is 6.62. The number of aromatic nitrogens is 5. The number of amides is 1. The molecule has 0 aliphatic heterocycles. The Labute approximate surface area is 193 Å². The van der Waals surface area contributed by atoms with Crippen LogP contribution >= 0.6 is 11.5 Å². The van der Waals surface area contributed by atoms with Crippen molar-refractivity contribution in [3.05, 3.63) is 97.2 Å². The van der Waals surface area contributed by atoms with Crippen molar-refractivity contribution < 1.29 is 4.79 Å². The lowest BCUT2D eigenvalue weighted by molar-refractivity contribution is 0.0996. The highest BCUT2D eigenvalue weighted by atomic mass is 32.1. The zero-order chi connectivity index (χ0) is 22.6. The van der Waals surface area contributed by atoms with Gasteiger partial charge in [0, 0.05) is 41.2 Å². The summed E-state index contributed by atoms with van der Waals surface area (Å²) in [5.41, 5.74) is 9.79. The first-order valence-corrected chi connectivity index (χ1v) is 10.8. The van der Waals surface area contributed by atoms with Crippen LogP contribution in [0.5, 0.6) is 0 Å². The molecule has 5 aromatic rings. The van der Waals surface area contributed by atoms with Gasteiger partial charge >= 0.3 is 0 Å². The number of rotatable bonds is 6. The third-order valence-electron chi connectivity index (χ3n) is 4.99. The van der Waals surface area contributed by atoms with Crippen molar-refractivity contribution in [2.75, 3.05) is 4.90 Å². The second-order valence-corrected chi connectivity index (χ2v) is 7.77. The number of hydrogen-bond acceptors (Lipinski definition) is 8. The van der Waals surface area contributed by atoms with Gasteiger partial charge in [0.1, 0.15) is 10.7 Å². The van der Waals surface area contributed by atoms with Crippen LogP contribution in [0.15, 0.2) is 91.5 Å². The van der Waals surface area contributed by atoms with Crippen LogP contribution in [0, 0.1) is 0 Å². The molecule has 2 aromatic carbocycles. The molecule has 9 heteroatoms. The van der Waals surface area contributed by atoms with Crippen molar-refractivity contribution >= 4 is 34.1 Å². The molecule has 1 amide bonds. The third kappa shape index (κ3) is 4.04. The van der Waals surface area contributed by atoms with E-state index in [-0.39, 0.29) is 11.6 Å². The molecule has 0 unspecified atom stereocenters. The van der Waals surface area contributed by atoms with Gasteiger partial charge in [0.25, 0.3) is 5.91 Å². The standard InChI is InChI=1S/C24H17N7OS/c25-23(32)22-20(19-13-26-12-11-18(19)16-7-3-1-4-8-16)14-27-24(29-22)31(21-15-28-30-33-21)17-9-5-2-6-10-17/h1-15H,(H2,25,32). The first kappa shape index (κ1) is 20.4. The van der Waals surface area contributed by atoms with Crippen LogP contribution in [0.1, 0.15) is 10.5 Å². The van der Waals surface area contributed by atoms with Gasteiger partial charge < -0.3 is 5.73 Å². The molecule has 0 aliphatic carbocycles. The summed E-state index contributed by atoms with van der Waals surface area (Å²) in [4.78, 5) is 27.7. The summed E-state index contributed by atoms with van der Waals surface area (Å²) < 4.78 is 3.96. The smallest absolute Gasteiger partial charge is 0.268 e. The van der Waals surface area contributed by atoms with Crippen molar-refractivity contribution in [3.8, 4) is 22.3 Å². The Morgan fingerprint density at radius 1 is 0.848 bits per heavy atom. The molecule has 0 bridgehead atoms. The zero-order valence-electron chi connectivity index (χ0n) is 17.2. The van der Waals surface area contributed by atoms with Crippen molar-refractivity contribution in [2.24, 2.45) is 5.73 Å². The van der Waals surface area contributed by atoms with Crippen LogP contribution < -0.4 is 10.6 Å². The van der Waals surface area contributed by atoms with Gasteiger partial charge in [0.15, 0.2) is 0 Å². The van der Waals surface area contributed by atoms with Gasteiger partial charge in [0.05, 0.1) is 11.9 Å². The summed E-state index contributed by atoms with van der Waals surface area (Å²) in [5.74, 6) is -0.373. The predicted octanol–water partition coefficient (Wildman–Crippen LogP) is 4.63. The summed E-state index contributed by atoms with van der Waals surface area (Å²) in [7, 11) is 0. The minimum absolute atomic E-state index is 0.101. The Morgan fingerprint density at radius 3 is 2.30 bits per heavy atom. The van der Waals surface area contributed by atoms with Crippen LogP contribution in [-0.2, 0) is 0 Å². The van der Waals surface area contributed by atoms with E-state index in [1.807, 2.05) is 66.7 Å². The van der Waals surface area contributed by atoms with Gasteiger partial charge in [-0.05, 0) is 29.3 Å². The molecule has 5 rings (SSSR count). The number of hydrogen-bond donors (Lipinski definition) is 1. The summed E-state index contributed by atoms with van der Waals surface area (Å²) in [5, 5.41) is 4.64. The van der Waals surface area contributed by atoms with Crippen LogP contribution in [0.3, 0.4) is 0 Å². The Bertz CT molecular complexity index is 1390. The molecule has 160 valence electrons. The van der Waals surface area contributed by atoms with E-state index in [4.69, 9.17) is 5.73 Å². The Morgan fingerprint density at radius 2 is 1.61 bits per heavy atom. The number of anilines is 3.